The van der Waals surface area contributed by atoms with Crippen molar-refractivity contribution in [3.05, 3.63) is 71.6 Å². The Bertz CT molecular complexity index is 1270. The van der Waals surface area contributed by atoms with Gasteiger partial charge in [-0.15, -0.1) is 0 Å². The number of alkyl halides is 3. The second kappa shape index (κ2) is 7.92. The zero-order valence-corrected chi connectivity index (χ0v) is 16.8. The third-order valence-corrected chi connectivity index (χ3v) is 4.97. The summed E-state index contributed by atoms with van der Waals surface area (Å²) in [6, 6.07) is 9.47. The molecule has 0 aliphatic heterocycles. The van der Waals surface area contributed by atoms with Crippen molar-refractivity contribution in [1.82, 2.24) is 14.8 Å². The van der Waals surface area contributed by atoms with Gasteiger partial charge in [-0.2, -0.15) is 18.3 Å². The first-order valence-corrected chi connectivity index (χ1v) is 9.41. The van der Waals surface area contributed by atoms with Crippen molar-refractivity contribution in [2.24, 2.45) is 7.05 Å². The van der Waals surface area contributed by atoms with Crippen molar-refractivity contribution in [1.29, 1.82) is 0 Å². The number of urea groups is 1. The number of carbonyl (C=O) groups excluding carboxylic acids is 1. The number of nitrogens with one attached hydrogen (secondary N) is 2. The lowest BCUT2D eigenvalue weighted by Gasteiger charge is -2.12. The molecule has 0 unspecified atom stereocenters. The molecule has 0 radical (unpaired) electrons. The second-order valence-corrected chi connectivity index (χ2v) is 7.14. The fourth-order valence-corrected chi connectivity index (χ4v) is 3.43. The van der Waals surface area contributed by atoms with Gasteiger partial charge in [-0.1, -0.05) is 23.7 Å². The number of fused-ring (bicyclic) bond motifs is 1. The van der Waals surface area contributed by atoms with E-state index in [9.17, 15) is 18.0 Å². The average molecular weight is 446 g/mol. The van der Waals surface area contributed by atoms with E-state index >= 15 is 0 Å². The molecule has 158 valence electrons. The molecule has 31 heavy (non-hydrogen) atoms. The minimum absolute atomic E-state index is 0.140. The Hall–Kier alpha value is -3.59. The molecule has 0 bridgehead atoms. The predicted octanol–water partition coefficient (Wildman–Crippen LogP) is 5.95. The van der Waals surface area contributed by atoms with Crippen LogP contribution in [0.15, 0.2) is 61.1 Å². The predicted molar refractivity (Wildman–Crippen MR) is 113 cm³/mol. The molecule has 10 heteroatoms. The molecule has 0 saturated carbocycles. The number of nitrogens with zero attached hydrogens (tertiary/aromatic N) is 3. The molecular weight excluding hydrogens is 431 g/mol. The van der Waals surface area contributed by atoms with Gasteiger partial charge < -0.3 is 10.6 Å². The monoisotopic (exact) mass is 445 g/mol. The van der Waals surface area contributed by atoms with E-state index in [0.29, 0.717) is 5.69 Å². The molecule has 0 spiro atoms. The zero-order valence-electron chi connectivity index (χ0n) is 16.0. The van der Waals surface area contributed by atoms with Crippen LogP contribution in [0.25, 0.3) is 22.0 Å². The topological polar surface area (TPSA) is 71.8 Å². The van der Waals surface area contributed by atoms with E-state index in [1.807, 2.05) is 19.2 Å². The van der Waals surface area contributed by atoms with Crippen molar-refractivity contribution in [3.8, 4) is 11.1 Å². The normalized spacial score (nSPS) is 11.5. The summed E-state index contributed by atoms with van der Waals surface area (Å²) in [5, 5.41) is 9.79. The first kappa shape index (κ1) is 20.7. The van der Waals surface area contributed by atoms with Gasteiger partial charge in [-0.25, -0.2) is 4.79 Å². The van der Waals surface area contributed by atoms with Crippen LogP contribution in [-0.4, -0.2) is 20.8 Å². The smallest absolute Gasteiger partial charge is 0.308 e. The van der Waals surface area contributed by atoms with Gasteiger partial charge >= 0.3 is 12.2 Å². The Balaban J connectivity index is 1.47. The summed E-state index contributed by atoms with van der Waals surface area (Å²) in [5.41, 5.74) is 2.38. The summed E-state index contributed by atoms with van der Waals surface area (Å²) in [4.78, 5) is 16.4. The fraction of sp³-hybridized carbons (Fsp3) is 0.0952. The van der Waals surface area contributed by atoms with Crippen LogP contribution in [0.4, 0.5) is 29.3 Å². The number of anilines is 2. The maximum atomic E-state index is 12.8. The van der Waals surface area contributed by atoms with Crippen LogP contribution in [-0.2, 0) is 13.2 Å². The molecule has 2 aromatic heterocycles. The number of hydrogen-bond acceptors (Lipinski definition) is 3. The number of rotatable bonds is 3. The number of halogens is 4. The van der Waals surface area contributed by atoms with E-state index in [-0.39, 0.29) is 5.69 Å². The van der Waals surface area contributed by atoms with Crippen LogP contribution in [0.1, 0.15) is 5.56 Å². The number of hydrogen-bond donors (Lipinski definition) is 2. The van der Waals surface area contributed by atoms with Gasteiger partial charge in [0.15, 0.2) is 0 Å². The third kappa shape index (κ3) is 4.31. The number of carbonyl (C=O) groups is 1. The molecule has 6 nitrogen and oxygen atoms in total. The van der Waals surface area contributed by atoms with E-state index in [1.54, 1.807) is 35.4 Å². The van der Waals surface area contributed by atoms with Crippen LogP contribution in [0.2, 0.25) is 5.02 Å². The standard InChI is InChI=1S/C21H15ClF3N5O/c1-30-19-11-26-9-15(16(19)10-27-30)12-2-4-13(5-3-12)28-20(31)29-14-6-7-17(18(22)8-14)21(23,24)25/h2-11H,1H3,(H2,28,29,31). The molecule has 0 aliphatic carbocycles. The van der Waals surface area contributed by atoms with Gasteiger partial charge in [-0.05, 0) is 35.9 Å². The maximum Gasteiger partial charge on any atom is 0.417 e. The first-order chi connectivity index (χ1) is 14.7. The quantitative estimate of drug-likeness (QED) is 0.409. The lowest BCUT2D eigenvalue weighted by molar-refractivity contribution is -0.137. The van der Waals surface area contributed by atoms with Crippen molar-refractivity contribution in [2.75, 3.05) is 10.6 Å². The summed E-state index contributed by atoms with van der Waals surface area (Å²) >= 11 is 5.67. The van der Waals surface area contributed by atoms with E-state index in [0.717, 1.165) is 40.2 Å². The molecule has 0 atom stereocenters. The molecule has 2 aromatic carbocycles. The number of pyridine rings is 1. The van der Waals surface area contributed by atoms with Gasteiger partial charge in [0.05, 0.1) is 28.5 Å². The van der Waals surface area contributed by atoms with Crippen molar-refractivity contribution < 1.29 is 18.0 Å². The number of benzene rings is 2. The molecule has 0 fully saturated rings. The van der Waals surface area contributed by atoms with Gasteiger partial charge in [0.2, 0.25) is 0 Å². The summed E-state index contributed by atoms with van der Waals surface area (Å²) in [5.74, 6) is 0. The first-order valence-electron chi connectivity index (χ1n) is 9.03. The molecular formula is C21H15ClF3N5O. The SMILES string of the molecule is Cn1ncc2c(-c3ccc(NC(=O)Nc4ccc(C(F)(F)F)c(Cl)c4)cc3)cncc21. The van der Waals surface area contributed by atoms with Crippen LogP contribution < -0.4 is 10.6 Å². The Kier molecular flexibility index (Phi) is 5.28. The van der Waals surface area contributed by atoms with Crippen LogP contribution in [0.5, 0.6) is 0 Å². The van der Waals surface area contributed by atoms with Crippen molar-refractivity contribution in [3.63, 3.8) is 0 Å². The van der Waals surface area contributed by atoms with Gasteiger partial charge in [-0.3, -0.25) is 9.67 Å². The van der Waals surface area contributed by atoms with E-state index in [4.69, 9.17) is 11.6 Å². The minimum Gasteiger partial charge on any atom is -0.308 e. The Morgan fingerprint density at radius 1 is 1.00 bits per heavy atom. The summed E-state index contributed by atoms with van der Waals surface area (Å²) in [7, 11) is 1.84. The molecule has 2 N–H and O–H groups in total. The highest BCUT2D eigenvalue weighted by molar-refractivity contribution is 6.31. The largest absolute Gasteiger partial charge is 0.417 e. The number of aromatic nitrogens is 3. The van der Waals surface area contributed by atoms with Crippen molar-refractivity contribution in [2.45, 2.75) is 6.18 Å². The summed E-state index contributed by atoms with van der Waals surface area (Å²) < 4.78 is 40.1. The molecule has 4 rings (SSSR count). The summed E-state index contributed by atoms with van der Waals surface area (Å²) in [6.07, 6.45) is 0.684. The van der Waals surface area contributed by atoms with Gasteiger partial charge in [0.25, 0.3) is 0 Å². The van der Waals surface area contributed by atoms with Crippen LogP contribution >= 0.6 is 11.6 Å². The van der Waals surface area contributed by atoms with E-state index in [2.05, 4.69) is 20.7 Å². The fourth-order valence-electron chi connectivity index (χ4n) is 3.14. The molecule has 2 amide bonds. The highest BCUT2D eigenvalue weighted by Crippen LogP contribution is 2.36. The third-order valence-electron chi connectivity index (χ3n) is 4.66. The number of amides is 2. The Labute approximate surface area is 179 Å². The minimum atomic E-state index is -4.56. The van der Waals surface area contributed by atoms with Gasteiger partial charge in [0, 0.05) is 35.6 Å². The van der Waals surface area contributed by atoms with Crippen LogP contribution in [0, 0.1) is 0 Å². The zero-order chi connectivity index (χ0) is 22.2. The average Bonchev–Trinajstić information content (AvgIpc) is 3.09. The van der Waals surface area contributed by atoms with E-state index < -0.39 is 22.8 Å². The van der Waals surface area contributed by atoms with Gasteiger partial charge in [0.1, 0.15) is 0 Å². The summed E-state index contributed by atoms with van der Waals surface area (Å²) in [6.45, 7) is 0. The second-order valence-electron chi connectivity index (χ2n) is 6.74. The highest BCUT2D eigenvalue weighted by atomic mass is 35.5. The highest BCUT2D eigenvalue weighted by Gasteiger charge is 2.33. The maximum absolute atomic E-state index is 12.8. The van der Waals surface area contributed by atoms with Crippen LogP contribution in [0.3, 0.4) is 0 Å². The van der Waals surface area contributed by atoms with E-state index in [1.165, 1.54) is 0 Å². The molecule has 0 saturated heterocycles. The molecule has 2 heterocycles. The lowest BCUT2D eigenvalue weighted by atomic mass is 10.0. The molecule has 0 aliphatic rings. The van der Waals surface area contributed by atoms with Crippen molar-refractivity contribution >= 4 is 39.9 Å². The Morgan fingerprint density at radius 2 is 1.68 bits per heavy atom. The Morgan fingerprint density at radius 3 is 2.35 bits per heavy atom. The number of aryl methyl sites for hydroxylation is 1. The molecule has 4 aromatic rings. The lowest BCUT2D eigenvalue weighted by Crippen LogP contribution is -2.19.